The summed E-state index contributed by atoms with van der Waals surface area (Å²) in [7, 11) is 0. The fourth-order valence-electron chi connectivity index (χ4n) is 1.03. The van der Waals surface area contributed by atoms with Gasteiger partial charge in [0.2, 0.25) is 0 Å². The number of allylic oxidation sites excluding steroid dienone is 1. The summed E-state index contributed by atoms with van der Waals surface area (Å²) in [6.07, 6.45) is 3.47. The summed E-state index contributed by atoms with van der Waals surface area (Å²) in [5.74, 6) is -0.209. The van der Waals surface area contributed by atoms with E-state index < -0.39 is 0 Å². The molecule has 0 aromatic heterocycles. The van der Waals surface area contributed by atoms with E-state index in [4.69, 9.17) is 11.6 Å². The molecular formula is C11H12ClF. The summed E-state index contributed by atoms with van der Waals surface area (Å²) in [6.45, 7) is 3.77. The topological polar surface area (TPSA) is 0 Å². The summed E-state index contributed by atoms with van der Waals surface area (Å²) < 4.78 is 13.1. The lowest BCUT2D eigenvalue weighted by molar-refractivity contribution is 0.624. The Morgan fingerprint density at radius 3 is 2.77 bits per heavy atom. The van der Waals surface area contributed by atoms with Gasteiger partial charge < -0.3 is 0 Å². The van der Waals surface area contributed by atoms with Gasteiger partial charge in [-0.3, -0.25) is 0 Å². The van der Waals surface area contributed by atoms with E-state index in [1.54, 1.807) is 24.3 Å². The standard InChI is InChI=1S/C11H12ClF/c1-8-3-6-11(13)10(7-8)5-4-9(2)12/h3-7,9H,1-2H3/b5-4+. The fourth-order valence-corrected chi connectivity index (χ4v) is 1.10. The molecular weight excluding hydrogens is 187 g/mol. The highest BCUT2D eigenvalue weighted by molar-refractivity contribution is 6.21. The summed E-state index contributed by atoms with van der Waals surface area (Å²) in [4.78, 5) is 0. The molecule has 1 aromatic rings. The molecule has 0 fully saturated rings. The van der Waals surface area contributed by atoms with Gasteiger partial charge in [0.25, 0.3) is 0 Å². The van der Waals surface area contributed by atoms with Gasteiger partial charge in [0.05, 0.1) is 0 Å². The van der Waals surface area contributed by atoms with Crippen molar-refractivity contribution in [2.24, 2.45) is 0 Å². The van der Waals surface area contributed by atoms with Gasteiger partial charge in [0.1, 0.15) is 5.82 Å². The number of aryl methyl sites for hydroxylation is 1. The number of alkyl halides is 1. The van der Waals surface area contributed by atoms with Crippen LogP contribution in [0.15, 0.2) is 24.3 Å². The first kappa shape index (κ1) is 10.3. The van der Waals surface area contributed by atoms with E-state index in [1.165, 1.54) is 6.07 Å². The first-order chi connectivity index (χ1) is 6.09. The molecule has 0 bridgehead atoms. The monoisotopic (exact) mass is 198 g/mol. The normalized spacial score (nSPS) is 13.5. The molecule has 1 atom stereocenters. The average Bonchev–Trinajstić information content (AvgIpc) is 2.06. The first-order valence-corrected chi connectivity index (χ1v) is 4.61. The summed E-state index contributed by atoms with van der Waals surface area (Å²) >= 11 is 5.71. The summed E-state index contributed by atoms with van der Waals surface area (Å²) in [5, 5.41) is -0.0695. The van der Waals surface area contributed by atoms with Gasteiger partial charge in [0, 0.05) is 10.9 Å². The zero-order valence-corrected chi connectivity index (χ0v) is 8.48. The Labute approximate surface area is 83.0 Å². The van der Waals surface area contributed by atoms with Crippen LogP contribution in [0.25, 0.3) is 6.08 Å². The maximum absolute atomic E-state index is 13.1. The van der Waals surface area contributed by atoms with Crippen molar-refractivity contribution in [3.63, 3.8) is 0 Å². The van der Waals surface area contributed by atoms with Gasteiger partial charge in [-0.1, -0.05) is 23.8 Å². The molecule has 70 valence electrons. The van der Waals surface area contributed by atoms with Gasteiger partial charge in [-0.25, -0.2) is 4.39 Å². The van der Waals surface area contributed by atoms with Gasteiger partial charge in [-0.15, -0.1) is 11.6 Å². The van der Waals surface area contributed by atoms with E-state index in [-0.39, 0.29) is 11.2 Å². The molecule has 0 aliphatic heterocycles. The molecule has 1 aromatic carbocycles. The van der Waals surface area contributed by atoms with Crippen molar-refractivity contribution in [2.75, 3.05) is 0 Å². The zero-order valence-electron chi connectivity index (χ0n) is 7.72. The number of halogens is 2. The fraction of sp³-hybridized carbons (Fsp3) is 0.273. The van der Waals surface area contributed by atoms with E-state index >= 15 is 0 Å². The predicted molar refractivity (Wildman–Crippen MR) is 55.5 cm³/mol. The second kappa shape index (κ2) is 4.43. The van der Waals surface area contributed by atoms with Crippen LogP contribution in [-0.2, 0) is 0 Å². The highest BCUT2D eigenvalue weighted by Gasteiger charge is 1.98. The molecule has 0 saturated carbocycles. The average molecular weight is 199 g/mol. The van der Waals surface area contributed by atoms with Crippen molar-refractivity contribution in [3.05, 3.63) is 41.2 Å². The molecule has 0 spiro atoms. The van der Waals surface area contributed by atoms with E-state index in [0.29, 0.717) is 5.56 Å². The molecule has 0 aliphatic rings. The van der Waals surface area contributed by atoms with Gasteiger partial charge in [0.15, 0.2) is 0 Å². The number of hydrogen-bond donors (Lipinski definition) is 0. The maximum Gasteiger partial charge on any atom is 0.130 e. The third-order valence-electron chi connectivity index (χ3n) is 1.69. The molecule has 0 saturated heterocycles. The van der Waals surface area contributed by atoms with E-state index in [0.717, 1.165) is 5.56 Å². The highest BCUT2D eigenvalue weighted by Crippen LogP contribution is 2.12. The molecule has 1 unspecified atom stereocenters. The number of rotatable bonds is 2. The molecule has 0 heterocycles. The molecule has 0 nitrogen and oxygen atoms in total. The Morgan fingerprint density at radius 1 is 1.46 bits per heavy atom. The van der Waals surface area contributed by atoms with Crippen LogP contribution < -0.4 is 0 Å². The number of hydrogen-bond acceptors (Lipinski definition) is 0. The quantitative estimate of drug-likeness (QED) is 0.635. The van der Waals surface area contributed by atoms with Crippen molar-refractivity contribution in [3.8, 4) is 0 Å². The molecule has 13 heavy (non-hydrogen) atoms. The van der Waals surface area contributed by atoms with Crippen molar-refractivity contribution in [2.45, 2.75) is 19.2 Å². The summed E-state index contributed by atoms with van der Waals surface area (Å²) in [5.41, 5.74) is 1.63. The van der Waals surface area contributed by atoms with Crippen LogP contribution in [0.2, 0.25) is 0 Å². The lowest BCUT2D eigenvalue weighted by Crippen LogP contribution is -1.85. The van der Waals surface area contributed by atoms with Crippen molar-refractivity contribution >= 4 is 17.7 Å². The second-order valence-electron chi connectivity index (χ2n) is 3.06. The largest absolute Gasteiger partial charge is 0.206 e. The minimum atomic E-state index is -0.209. The second-order valence-corrected chi connectivity index (χ2v) is 3.75. The lowest BCUT2D eigenvalue weighted by Gasteiger charge is -1.99. The van der Waals surface area contributed by atoms with Crippen molar-refractivity contribution < 1.29 is 4.39 Å². The highest BCUT2D eigenvalue weighted by atomic mass is 35.5. The molecule has 0 amide bonds. The SMILES string of the molecule is Cc1ccc(F)c(/C=C/C(C)Cl)c1. The van der Waals surface area contributed by atoms with Crippen LogP contribution in [0.5, 0.6) is 0 Å². The maximum atomic E-state index is 13.1. The summed E-state index contributed by atoms with van der Waals surface area (Å²) in [6, 6.07) is 5.01. The lowest BCUT2D eigenvalue weighted by atomic mass is 10.1. The molecule has 0 radical (unpaired) electrons. The van der Waals surface area contributed by atoms with Crippen LogP contribution in [0.4, 0.5) is 4.39 Å². The molecule has 0 N–H and O–H groups in total. The molecule has 1 rings (SSSR count). The van der Waals surface area contributed by atoms with Crippen LogP contribution in [0, 0.1) is 12.7 Å². The van der Waals surface area contributed by atoms with Gasteiger partial charge in [-0.2, -0.15) is 0 Å². The minimum Gasteiger partial charge on any atom is -0.206 e. The Bertz CT molecular complexity index is 316. The van der Waals surface area contributed by atoms with E-state index in [9.17, 15) is 4.39 Å². The predicted octanol–water partition coefficient (Wildman–Crippen LogP) is 3.77. The Balaban J connectivity index is 2.93. The van der Waals surface area contributed by atoms with E-state index in [2.05, 4.69) is 0 Å². The number of benzene rings is 1. The van der Waals surface area contributed by atoms with Crippen LogP contribution >= 0.6 is 11.6 Å². The smallest absolute Gasteiger partial charge is 0.130 e. The third-order valence-corrected chi connectivity index (χ3v) is 1.84. The van der Waals surface area contributed by atoms with E-state index in [1.807, 2.05) is 13.8 Å². The van der Waals surface area contributed by atoms with Crippen LogP contribution in [-0.4, -0.2) is 5.38 Å². The van der Waals surface area contributed by atoms with Crippen molar-refractivity contribution in [1.82, 2.24) is 0 Å². The Kier molecular flexibility index (Phi) is 3.49. The minimum absolute atomic E-state index is 0.0695. The van der Waals surface area contributed by atoms with Crippen molar-refractivity contribution in [1.29, 1.82) is 0 Å². The molecule has 0 aliphatic carbocycles. The zero-order chi connectivity index (χ0) is 9.84. The Morgan fingerprint density at radius 2 is 2.15 bits per heavy atom. The first-order valence-electron chi connectivity index (χ1n) is 4.18. The van der Waals surface area contributed by atoms with Gasteiger partial charge in [-0.05, 0) is 26.0 Å². The van der Waals surface area contributed by atoms with Gasteiger partial charge >= 0.3 is 0 Å². The van der Waals surface area contributed by atoms with Crippen LogP contribution in [0.1, 0.15) is 18.1 Å². The third kappa shape index (κ3) is 3.19. The Hall–Kier alpha value is -0.820. The molecule has 2 heteroatoms. The van der Waals surface area contributed by atoms with Crippen LogP contribution in [0.3, 0.4) is 0 Å².